The normalized spacial score (nSPS) is 11.4. The van der Waals surface area contributed by atoms with Crippen molar-refractivity contribution in [3.63, 3.8) is 0 Å². The van der Waals surface area contributed by atoms with Gasteiger partial charge >= 0.3 is 5.97 Å². The molecule has 0 amide bonds. The highest BCUT2D eigenvalue weighted by Crippen LogP contribution is 2.30. The van der Waals surface area contributed by atoms with Crippen molar-refractivity contribution in [3.05, 3.63) is 76.8 Å². The summed E-state index contributed by atoms with van der Waals surface area (Å²) >= 11 is 3.48. The number of halogens is 1. The molecule has 0 saturated carbocycles. The van der Waals surface area contributed by atoms with E-state index in [1.807, 2.05) is 75.4 Å². The lowest BCUT2D eigenvalue weighted by molar-refractivity contribution is 0.00695. The molecule has 0 unspecified atom stereocenters. The molecule has 4 rings (SSSR count). The van der Waals surface area contributed by atoms with Gasteiger partial charge in [-0.05, 0) is 74.4 Å². The van der Waals surface area contributed by atoms with Gasteiger partial charge in [-0.3, -0.25) is 0 Å². The number of nitrogens with one attached hydrogen (secondary N) is 1. The molecular formula is C25H23BrN4O2. The number of aromatic nitrogens is 2. The van der Waals surface area contributed by atoms with E-state index in [0.29, 0.717) is 11.4 Å². The molecule has 0 fully saturated rings. The Balaban J connectivity index is 1.68. The monoisotopic (exact) mass is 490 g/mol. The van der Waals surface area contributed by atoms with Crippen LogP contribution in [0.25, 0.3) is 22.0 Å². The van der Waals surface area contributed by atoms with Gasteiger partial charge in [0.25, 0.3) is 0 Å². The Kier molecular flexibility index (Phi) is 5.84. The lowest BCUT2D eigenvalue weighted by Gasteiger charge is -2.19. The van der Waals surface area contributed by atoms with Crippen LogP contribution in [0.1, 0.15) is 31.1 Å². The zero-order chi connectivity index (χ0) is 22.9. The Hall–Kier alpha value is -3.45. The van der Waals surface area contributed by atoms with Crippen LogP contribution in [0, 0.1) is 0 Å². The third-order valence-corrected chi connectivity index (χ3v) is 5.15. The molecule has 0 aliphatic rings. The number of hydrogen-bond donors (Lipinski definition) is 2. The third-order valence-electron chi connectivity index (χ3n) is 4.65. The Morgan fingerprint density at radius 1 is 0.969 bits per heavy atom. The van der Waals surface area contributed by atoms with Crippen molar-refractivity contribution in [2.45, 2.75) is 26.4 Å². The van der Waals surface area contributed by atoms with Gasteiger partial charge in [0.05, 0.1) is 11.1 Å². The maximum atomic E-state index is 12.3. The molecule has 3 N–H and O–H groups in total. The average molecular weight is 491 g/mol. The van der Waals surface area contributed by atoms with E-state index in [9.17, 15) is 4.79 Å². The fraction of sp³-hybridized carbons (Fsp3) is 0.160. The summed E-state index contributed by atoms with van der Waals surface area (Å²) in [5, 5.41) is 4.17. The maximum absolute atomic E-state index is 12.3. The van der Waals surface area contributed by atoms with Gasteiger partial charge in [-0.2, -0.15) is 4.98 Å². The number of fused-ring (bicyclic) bond motifs is 1. The molecule has 1 aromatic heterocycles. The van der Waals surface area contributed by atoms with E-state index in [-0.39, 0.29) is 11.9 Å². The van der Waals surface area contributed by atoms with Crippen molar-refractivity contribution in [2.75, 3.05) is 11.1 Å². The minimum atomic E-state index is -0.534. The highest BCUT2D eigenvalue weighted by atomic mass is 79.9. The molecular weight excluding hydrogens is 468 g/mol. The molecule has 0 spiro atoms. The Morgan fingerprint density at radius 3 is 2.38 bits per heavy atom. The second-order valence-corrected chi connectivity index (χ2v) is 9.29. The molecule has 0 radical (unpaired) electrons. The van der Waals surface area contributed by atoms with Crippen molar-refractivity contribution >= 4 is 50.3 Å². The van der Waals surface area contributed by atoms with E-state index in [2.05, 4.69) is 31.2 Å². The molecule has 0 bridgehead atoms. The molecule has 6 nitrogen and oxygen atoms in total. The van der Waals surface area contributed by atoms with E-state index in [4.69, 9.17) is 10.5 Å². The molecule has 7 heteroatoms. The minimum Gasteiger partial charge on any atom is -0.456 e. The zero-order valence-corrected chi connectivity index (χ0v) is 19.6. The number of esters is 1. The first-order valence-electron chi connectivity index (χ1n) is 10.1. The number of benzene rings is 3. The number of hydrogen-bond acceptors (Lipinski definition) is 6. The van der Waals surface area contributed by atoms with Crippen LogP contribution in [0.15, 0.2) is 71.2 Å². The van der Waals surface area contributed by atoms with Crippen LogP contribution in [0.3, 0.4) is 0 Å². The maximum Gasteiger partial charge on any atom is 0.338 e. The van der Waals surface area contributed by atoms with Gasteiger partial charge < -0.3 is 15.8 Å². The van der Waals surface area contributed by atoms with Gasteiger partial charge in [0, 0.05) is 15.5 Å². The van der Waals surface area contributed by atoms with Crippen molar-refractivity contribution in [2.24, 2.45) is 0 Å². The molecule has 4 aromatic rings. The SMILES string of the molecule is CC(C)(C)OC(=O)c1ccc(-c2ccc3nc(N)nc(Nc4cccc(Br)c4)c3c2)cc1. The molecule has 162 valence electrons. The lowest BCUT2D eigenvalue weighted by atomic mass is 10.0. The fourth-order valence-electron chi connectivity index (χ4n) is 3.26. The highest BCUT2D eigenvalue weighted by Gasteiger charge is 2.18. The summed E-state index contributed by atoms with van der Waals surface area (Å²) in [4.78, 5) is 21.1. The first-order chi connectivity index (χ1) is 15.2. The summed E-state index contributed by atoms with van der Waals surface area (Å²) in [5.74, 6) is 0.481. The topological polar surface area (TPSA) is 90.1 Å². The number of anilines is 3. The fourth-order valence-corrected chi connectivity index (χ4v) is 3.66. The molecule has 3 aromatic carbocycles. The number of carbonyl (C=O) groups is 1. The van der Waals surface area contributed by atoms with Crippen LogP contribution in [0.4, 0.5) is 17.5 Å². The smallest absolute Gasteiger partial charge is 0.338 e. The van der Waals surface area contributed by atoms with Crippen molar-refractivity contribution < 1.29 is 9.53 Å². The Labute approximate surface area is 195 Å². The molecule has 0 atom stereocenters. The minimum absolute atomic E-state index is 0.199. The number of nitrogen functional groups attached to an aromatic ring is 1. The highest BCUT2D eigenvalue weighted by molar-refractivity contribution is 9.10. The largest absolute Gasteiger partial charge is 0.456 e. The lowest BCUT2D eigenvalue weighted by Crippen LogP contribution is -2.23. The van der Waals surface area contributed by atoms with Crippen LogP contribution < -0.4 is 11.1 Å². The summed E-state index contributed by atoms with van der Waals surface area (Å²) in [6.45, 7) is 5.55. The van der Waals surface area contributed by atoms with Crippen LogP contribution >= 0.6 is 15.9 Å². The molecule has 32 heavy (non-hydrogen) atoms. The first-order valence-corrected chi connectivity index (χ1v) is 10.9. The Bertz CT molecular complexity index is 1300. The molecule has 0 aliphatic carbocycles. The van der Waals surface area contributed by atoms with Gasteiger partial charge in [0.2, 0.25) is 5.95 Å². The summed E-state index contributed by atoms with van der Waals surface area (Å²) < 4.78 is 6.40. The van der Waals surface area contributed by atoms with E-state index in [1.165, 1.54) is 0 Å². The Morgan fingerprint density at radius 2 is 1.69 bits per heavy atom. The number of carbonyl (C=O) groups excluding carboxylic acids is 1. The van der Waals surface area contributed by atoms with Gasteiger partial charge in [0.1, 0.15) is 11.4 Å². The zero-order valence-electron chi connectivity index (χ0n) is 18.0. The van der Waals surface area contributed by atoms with Crippen molar-refractivity contribution in [1.82, 2.24) is 9.97 Å². The molecule has 0 aliphatic heterocycles. The molecule has 0 saturated heterocycles. The predicted octanol–water partition coefficient (Wildman–Crippen LogP) is 6.34. The van der Waals surface area contributed by atoms with Gasteiger partial charge in [-0.25, -0.2) is 9.78 Å². The number of rotatable bonds is 4. The average Bonchev–Trinajstić information content (AvgIpc) is 2.72. The first kappa shape index (κ1) is 21.8. The molecule has 1 heterocycles. The standard InChI is InChI=1S/C25H23BrN4O2/c1-25(2,3)32-23(31)16-9-7-15(8-10-16)17-11-12-21-20(13-17)22(30-24(27)29-21)28-19-6-4-5-18(26)14-19/h4-14H,1-3H3,(H3,27,28,29,30). The van der Waals surface area contributed by atoms with Crippen molar-refractivity contribution in [1.29, 1.82) is 0 Å². The summed E-state index contributed by atoms with van der Waals surface area (Å²) in [7, 11) is 0. The summed E-state index contributed by atoms with van der Waals surface area (Å²) in [6, 6.07) is 21.1. The second-order valence-electron chi connectivity index (χ2n) is 8.38. The number of ether oxygens (including phenoxy) is 1. The van der Waals surface area contributed by atoms with Crippen LogP contribution in [0.5, 0.6) is 0 Å². The third kappa shape index (κ3) is 5.06. The van der Waals surface area contributed by atoms with Gasteiger partial charge in [0.15, 0.2) is 0 Å². The predicted molar refractivity (Wildman–Crippen MR) is 132 cm³/mol. The second kappa shape index (κ2) is 8.59. The van der Waals surface area contributed by atoms with Crippen LogP contribution in [0.2, 0.25) is 0 Å². The summed E-state index contributed by atoms with van der Waals surface area (Å²) in [5.41, 5.74) is 9.46. The van der Waals surface area contributed by atoms with E-state index < -0.39 is 5.60 Å². The van der Waals surface area contributed by atoms with Crippen molar-refractivity contribution in [3.8, 4) is 11.1 Å². The van der Waals surface area contributed by atoms with Crippen LogP contribution in [-0.4, -0.2) is 21.5 Å². The number of nitrogens with zero attached hydrogens (tertiary/aromatic N) is 2. The quantitative estimate of drug-likeness (QED) is 0.324. The van der Waals surface area contributed by atoms with E-state index in [1.54, 1.807) is 12.1 Å². The van der Waals surface area contributed by atoms with Crippen LogP contribution in [-0.2, 0) is 4.74 Å². The number of nitrogens with two attached hydrogens (primary N) is 1. The van der Waals surface area contributed by atoms with Gasteiger partial charge in [-0.1, -0.05) is 40.2 Å². The van der Waals surface area contributed by atoms with E-state index >= 15 is 0 Å². The van der Waals surface area contributed by atoms with E-state index in [0.717, 1.165) is 32.2 Å². The summed E-state index contributed by atoms with van der Waals surface area (Å²) in [6.07, 6.45) is 0. The van der Waals surface area contributed by atoms with Gasteiger partial charge in [-0.15, -0.1) is 0 Å².